The van der Waals surface area contributed by atoms with E-state index in [0.29, 0.717) is 11.0 Å². The van der Waals surface area contributed by atoms with Crippen molar-refractivity contribution in [3.05, 3.63) is 88.0 Å². The summed E-state index contributed by atoms with van der Waals surface area (Å²) >= 11 is 0. The minimum Gasteiger partial charge on any atom is -0.460 e. The highest BCUT2D eigenvalue weighted by molar-refractivity contribution is 6.61. The van der Waals surface area contributed by atoms with E-state index in [1.807, 2.05) is 30.3 Å². The highest BCUT2D eigenvalue weighted by Gasteiger charge is 2.56. The Balaban J connectivity index is 1.66. The number of ketones is 2. The van der Waals surface area contributed by atoms with Gasteiger partial charge in [-0.2, -0.15) is 0 Å². The lowest BCUT2D eigenvalue weighted by molar-refractivity contribution is -0.171. The summed E-state index contributed by atoms with van der Waals surface area (Å²) in [6, 6.07) is 15.4. The van der Waals surface area contributed by atoms with Crippen molar-refractivity contribution in [2.75, 3.05) is 0 Å². The SMILES string of the molecule is CC(=O)Oc1c2c(c(OC(C)=O)c3c1C(=O)c1ccccc1C3=O)[C@@H]1C[C@]([C@H](C)OC(C)=O)(C2)OB(c2ccccc2)O1. The smallest absolute Gasteiger partial charge is 0.460 e. The van der Waals surface area contributed by atoms with Crippen molar-refractivity contribution in [2.24, 2.45) is 0 Å². The second kappa shape index (κ2) is 10.6. The summed E-state index contributed by atoms with van der Waals surface area (Å²) in [5, 5.41) is 0. The van der Waals surface area contributed by atoms with Crippen LogP contribution in [-0.4, -0.2) is 48.3 Å². The number of esters is 3. The van der Waals surface area contributed by atoms with E-state index in [1.54, 1.807) is 19.1 Å². The molecule has 10 nitrogen and oxygen atoms in total. The third-order valence-corrected chi connectivity index (χ3v) is 8.02. The molecule has 0 N–H and O–H groups in total. The number of fused-ring (bicyclic) bond motifs is 6. The van der Waals surface area contributed by atoms with Gasteiger partial charge in [0.05, 0.1) is 22.8 Å². The minimum absolute atomic E-state index is 0.0206. The van der Waals surface area contributed by atoms with Gasteiger partial charge in [0, 0.05) is 55.9 Å². The lowest BCUT2D eigenvalue weighted by Gasteiger charge is -2.51. The van der Waals surface area contributed by atoms with Crippen molar-refractivity contribution < 1.29 is 47.5 Å². The Hall–Kier alpha value is -4.61. The molecule has 0 unspecified atom stereocenters. The number of ether oxygens (including phenoxy) is 3. The summed E-state index contributed by atoms with van der Waals surface area (Å²) in [5.74, 6) is -3.39. The molecule has 6 rings (SSSR count). The average Bonchev–Trinajstić information content (AvgIpc) is 2.96. The van der Waals surface area contributed by atoms with E-state index < -0.39 is 54.4 Å². The monoisotopic (exact) mass is 582 g/mol. The predicted octanol–water partition coefficient (Wildman–Crippen LogP) is 3.43. The van der Waals surface area contributed by atoms with Crippen molar-refractivity contribution >= 4 is 42.1 Å². The van der Waals surface area contributed by atoms with E-state index in [-0.39, 0.29) is 52.2 Å². The maximum atomic E-state index is 14.0. The zero-order valence-corrected chi connectivity index (χ0v) is 23.9. The summed E-state index contributed by atoms with van der Waals surface area (Å²) < 4.78 is 30.1. The van der Waals surface area contributed by atoms with E-state index >= 15 is 0 Å². The van der Waals surface area contributed by atoms with Crippen LogP contribution in [0.15, 0.2) is 54.6 Å². The van der Waals surface area contributed by atoms with Crippen molar-refractivity contribution in [3.8, 4) is 11.5 Å². The van der Waals surface area contributed by atoms with Crippen molar-refractivity contribution in [1.82, 2.24) is 0 Å². The van der Waals surface area contributed by atoms with E-state index in [2.05, 4.69) is 0 Å². The average molecular weight is 582 g/mol. The molecule has 1 aliphatic heterocycles. The molecule has 11 heteroatoms. The van der Waals surface area contributed by atoms with Gasteiger partial charge < -0.3 is 23.5 Å². The molecule has 0 spiro atoms. The van der Waals surface area contributed by atoms with Crippen molar-refractivity contribution in [2.45, 2.75) is 58.3 Å². The Bertz CT molecular complexity index is 1710. The molecule has 0 amide bonds. The quantitative estimate of drug-likeness (QED) is 0.196. The molecule has 0 saturated carbocycles. The molecule has 2 aliphatic carbocycles. The zero-order chi connectivity index (χ0) is 30.6. The summed E-state index contributed by atoms with van der Waals surface area (Å²) in [5.41, 5.74) is -0.0677. The van der Waals surface area contributed by atoms with Gasteiger partial charge in [-0.1, -0.05) is 54.6 Å². The lowest BCUT2D eigenvalue weighted by Crippen LogP contribution is -2.61. The first-order valence-electron chi connectivity index (χ1n) is 13.8. The van der Waals surface area contributed by atoms with E-state index in [1.165, 1.54) is 32.9 Å². The van der Waals surface area contributed by atoms with Gasteiger partial charge in [-0.3, -0.25) is 24.0 Å². The first kappa shape index (κ1) is 28.5. The highest BCUT2D eigenvalue weighted by Crippen LogP contribution is 2.55. The zero-order valence-electron chi connectivity index (χ0n) is 23.9. The van der Waals surface area contributed by atoms with E-state index in [4.69, 9.17) is 23.5 Å². The third-order valence-electron chi connectivity index (χ3n) is 8.02. The molecule has 43 heavy (non-hydrogen) atoms. The Labute approximate surface area is 247 Å². The van der Waals surface area contributed by atoms with Gasteiger partial charge in [0.15, 0.2) is 11.6 Å². The molecule has 3 aromatic rings. The van der Waals surface area contributed by atoms with Crippen LogP contribution in [0, 0.1) is 0 Å². The van der Waals surface area contributed by atoms with Crippen LogP contribution in [0.25, 0.3) is 0 Å². The van der Waals surface area contributed by atoms with Gasteiger partial charge >= 0.3 is 25.0 Å². The van der Waals surface area contributed by atoms with Crippen LogP contribution in [-0.2, 0) is 34.9 Å². The number of rotatable bonds is 5. The van der Waals surface area contributed by atoms with Crippen LogP contribution in [0.1, 0.15) is 83.2 Å². The molecule has 1 saturated heterocycles. The van der Waals surface area contributed by atoms with Gasteiger partial charge in [-0.05, 0) is 12.4 Å². The Morgan fingerprint density at radius 2 is 1.40 bits per heavy atom. The Morgan fingerprint density at radius 1 is 0.837 bits per heavy atom. The van der Waals surface area contributed by atoms with Crippen LogP contribution < -0.4 is 14.9 Å². The molecule has 0 radical (unpaired) electrons. The number of hydrogen-bond donors (Lipinski definition) is 0. The Kier molecular flexibility index (Phi) is 7.02. The maximum Gasteiger partial charge on any atom is 0.494 e. The van der Waals surface area contributed by atoms with Crippen LogP contribution in [0.2, 0.25) is 0 Å². The Morgan fingerprint density at radius 3 is 1.98 bits per heavy atom. The molecule has 2 bridgehead atoms. The second-order valence-electron chi connectivity index (χ2n) is 10.9. The number of benzene rings is 3. The highest BCUT2D eigenvalue weighted by atomic mass is 16.6. The number of carbonyl (C=O) groups excluding carboxylic acids is 5. The first-order valence-corrected chi connectivity index (χ1v) is 13.8. The van der Waals surface area contributed by atoms with Crippen molar-refractivity contribution in [1.29, 1.82) is 0 Å². The largest absolute Gasteiger partial charge is 0.494 e. The summed E-state index contributed by atoms with van der Waals surface area (Å²) in [7, 11) is -0.928. The maximum absolute atomic E-state index is 14.0. The molecule has 3 aromatic carbocycles. The number of carbonyl (C=O) groups is 5. The third kappa shape index (κ3) is 4.74. The van der Waals surface area contributed by atoms with Crippen LogP contribution >= 0.6 is 0 Å². The van der Waals surface area contributed by atoms with Crippen molar-refractivity contribution in [3.63, 3.8) is 0 Å². The molecule has 3 aliphatic rings. The fourth-order valence-corrected chi connectivity index (χ4v) is 6.28. The fraction of sp³-hybridized carbons (Fsp3) is 0.281. The first-order chi connectivity index (χ1) is 20.5. The number of hydrogen-bond acceptors (Lipinski definition) is 10. The van der Waals surface area contributed by atoms with Crippen LogP contribution in [0.4, 0.5) is 0 Å². The van der Waals surface area contributed by atoms with Gasteiger partial charge in [0.1, 0.15) is 17.6 Å². The van der Waals surface area contributed by atoms with E-state index in [0.717, 1.165) is 0 Å². The molecule has 3 atom stereocenters. The van der Waals surface area contributed by atoms with Gasteiger partial charge in [0.2, 0.25) is 0 Å². The summed E-state index contributed by atoms with van der Waals surface area (Å²) in [6.45, 7) is 5.35. The molecular formula is C32H27BO10. The van der Waals surface area contributed by atoms with Crippen LogP contribution in [0.3, 0.4) is 0 Å². The van der Waals surface area contributed by atoms with Gasteiger partial charge in [-0.25, -0.2) is 0 Å². The molecule has 0 aromatic heterocycles. The molecule has 218 valence electrons. The summed E-state index contributed by atoms with van der Waals surface area (Å²) in [4.78, 5) is 65.1. The van der Waals surface area contributed by atoms with E-state index in [9.17, 15) is 24.0 Å². The summed E-state index contributed by atoms with van der Waals surface area (Å²) in [6.07, 6.45) is -1.57. The minimum atomic E-state index is -1.21. The normalized spacial score (nSPS) is 20.7. The molecular weight excluding hydrogens is 555 g/mol. The van der Waals surface area contributed by atoms with Gasteiger partial charge in [0.25, 0.3) is 0 Å². The standard InChI is InChI=1S/C32H27BO10/c1-16(39-17(2)34)32-14-23-25(24(15-32)42-33(43-32)20-10-6-5-7-11-20)31(41-19(4)36)27-26(30(23)40-18(3)35)28(37)21-12-8-9-13-22(21)29(27)38/h5-13,16,24H,14-15H2,1-4H3/t16-,24-,32-/m0/s1. The topological polar surface area (TPSA) is 132 Å². The second-order valence-corrected chi connectivity index (χ2v) is 10.9. The molecule has 1 fully saturated rings. The van der Waals surface area contributed by atoms with Gasteiger partial charge in [-0.15, -0.1) is 0 Å². The van der Waals surface area contributed by atoms with Crippen LogP contribution in [0.5, 0.6) is 11.5 Å². The fourth-order valence-electron chi connectivity index (χ4n) is 6.28. The molecule has 1 heterocycles. The predicted molar refractivity (Wildman–Crippen MR) is 151 cm³/mol. The lowest BCUT2D eigenvalue weighted by atomic mass is 9.66.